The van der Waals surface area contributed by atoms with Gasteiger partial charge in [-0.15, -0.1) is 10.2 Å². The van der Waals surface area contributed by atoms with Crippen LogP contribution in [0.5, 0.6) is 0 Å². The fraction of sp³-hybridized carbons (Fsp3) is 0.300. The van der Waals surface area contributed by atoms with Crippen molar-refractivity contribution < 1.29 is 4.74 Å². The van der Waals surface area contributed by atoms with Gasteiger partial charge >= 0.3 is 0 Å². The molecule has 4 heterocycles. The van der Waals surface area contributed by atoms with E-state index in [1.54, 1.807) is 0 Å². The first-order chi connectivity index (χ1) is 18.2. The molecule has 0 spiro atoms. The molecular weight excluding hydrogens is 460 g/mol. The van der Waals surface area contributed by atoms with Crippen LogP contribution in [0.2, 0.25) is 0 Å². The Hall–Kier alpha value is -3.65. The summed E-state index contributed by atoms with van der Waals surface area (Å²) in [7, 11) is 0. The Morgan fingerprint density at radius 1 is 0.892 bits per heavy atom. The lowest BCUT2D eigenvalue weighted by atomic mass is 9.72. The third-order valence-electron chi connectivity index (χ3n) is 7.97. The van der Waals surface area contributed by atoms with E-state index in [-0.39, 0.29) is 5.54 Å². The molecular formula is C30H30N6O. The first-order valence-corrected chi connectivity index (χ1v) is 13.1. The van der Waals surface area contributed by atoms with Gasteiger partial charge in [0.2, 0.25) is 0 Å². The van der Waals surface area contributed by atoms with Gasteiger partial charge in [0.1, 0.15) is 0 Å². The van der Waals surface area contributed by atoms with Gasteiger partial charge in [-0.2, -0.15) is 0 Å². The predicted molar refractivity (Wildman–Crippen MR) is 145 cm³/mol. The number of nitrogens with zero attached hydrogens (tertiary/aromatic N) is 5. The molecule has 2 aromatic carbocycles. The van der Waals surface area contributed by atoms with Crippen LogP contribution in [-0.4, -0.2) is 50.8 Å². The van der Waals surface area contributed by atoms with Crippen molar-refractivity contribution in [2.45, 2.75) is 31.3 Å². The third-order valence-corrected chi connectivity index (χ3v) is 7.97. The van der Waals surface area contributed by atoms with E-state index in [2.05, 4.69) is 80.2 Å². The summed E-state index contributed by atoms with van der Waals surface area (Å²) in [6, 6.07) is 23.4. The Kier molecular flexibility index (Phi) is 5.50. The smallest absolute Gasteiger partial charge is 0.170 e. The van der Waals surface area contributed by atoms with E-state index in [1.165, 1.54) is 12.0 Å². The zero-order valence-corrected chi connectivity index (χ0v) is 20.8. The molecule has 1 aliphatic heterocycles. The molecule has 0 bridgehead atoms. The number of pyridine rings is 2. The number of ether oxygens (including phenoxy) is 1. The van der Waals surface area contributed by atoms with Gasteiger partial charge in [0.25, 0.3) is 0 Å². The summed E-state index contributed by atoms with van der Waals surface area (Å²) >= 11 is 0. The molecule has 0 atom stereocenters. The van der Waals surface area contributed by atoms with Crippen molar-refractivity contribution in [3.05, 3.63) is 84.3 Å². The lowest BCUT2D eigenvalue weighted by Gasteiger charge is -2.38. The maximum atomic E-state index is 6.58. The van der Waals surface area contributed by atoms with E-state index in [4.69, 9.17) is 15.5 Å². The maximum absolute atomic E-state index is 6.58. The molecule has 37 heavy (non-hydrogen) atoms. The minimum absolute atomic E-state index is 0.171. The highest BCUT2D eigenvalue weighted by molar-refractivity contribution is 5.98. The monoisotopic (exact) mass is 490 g/mol. The third kappa shape index (κ3) is 4.00. The molecule has 186 valence electrons. The molecule has 7 rings (SSSR count). The van der Waals surface area contributed by atoms with Crippen LogP contribution in [0.25, 0.3) is 38.9 Å². The number of nitrogens with two attached hydrogens (primary N) is 1. The topological polar surface area (TPSA) is 81.6 Å². The van der Waals surface area contributed by atoms with Gasteiger partial charge in [0.15, 0.2) is 11.5 Å². The number of aromatic nitrogens is 4. The Balaban J connectivity index is 1.34. The second kappa shape index (κ2) is 9.03. The number of hydrogen-bond donors (Lipinski definition) is 1. The Bertz CT molecular complexity index is 1570. The van der Waals surface area contributed by atoms with Gasteiger partial charge < -0.3 is 10.5 Å². The molecule has 2 N–H and O–H groups in total. The minimum atomic E-state index is -0.171. The molecule has 7 nitrogen and oxygen atoms in total. The first kappa shape index (κ1) is 22.5. The van der Waals surface area contributed by atoms with E-state index in [1.807, 2.05) is 12.3 Å². The van der Waals surface area contributed by atoms with Gasteiger partial charge in [-0.05, 0) is 42.5 Å². The summed E-state index contributed by atoms with van der Waals surface area (Å²) in [4.78, 5) is 7.54. The summed E-state index contributed by atoms with van der Waals surface area (Å²) in [6.45, 7) is 4.10. The summed E-state index contributed by atoms with van der Waals surface area (Å²) in [5.41, 5.74) is 13.6. The molecule has 1 saturated carbocycles. The Morgan fingerprint density at radius 2 is 1.68 bits per heavy atom. The summed E-state index contributed by atoms with van der Waals surface area (Å²) in [5.74, 6) is 0.937. The van der Waals surface area contributed by atoms with Crippen molar-refractivity contribution in [3.63, 3.8) is 0 Å². The number of rotatable bonds is 5. The van der Waals surface area contributed by atoms with Gasteiger partial charge in [-0.3, -0.25) is 9.30 Å². The average Bonchev–Trinajstić information content (AvgIpc) is 3.35. The van der Waals surface area contributed by atoms with Crippen LogP contribution in [0.15, 0.2) is 72.9 Å². The summed E-state index contributed by atoms with van der Waals surface area (Å²) in [5, 5.41) is 10.2. The number of hydrogen-bond acceptors (Lipinski definition) is 6. The van der Waals surface area contributed by atoms with Gasteiger partial charge in [0.05, 0.1) is 31.0 Å². The molecule has 1 saturated heterocycles. The fourth-order valence-electron chi connectivity index (χ4n) is 5.57. The van der Waals surface area contributed by atoms with Crippen molar-refractivity contribution >= 4 is 16.6 Å². The maximum Gasteiger partial charge on any atom is 0.170 e. The van der Waals surface area contributed by atoms with Crippen LogP contribution in [0.1, 0.15) is 30.7 Å². The molecule has 2 aliphatic rings. The van der Waals surface area contributed by atoms with Gasteiger partial charge in [-0.1, -0.05) is 54.6 Å². The highest BCUT2D eigenvalue weighted by atomic mass is 16.5. The first-order valence-electron chi connectivity index (χ1n) is 13.1. The van der Waals surface area contributed by atoms with Crippen molar-refractivity contribution in [1.29, 1.82) is 0 Å². The second-order valence-corrected chi connectivity index (χ2v) is 10.3. The largest absolute Gasteiger partial charge is 0.379 e. The number of morpholine rings is 1. The quantitative estimate of drug-likeness (QED) is 0.382. The molecule has 2 fully saturated rings. The SMILES string of the molecule is NC1(c2ccc(-c3nc4ccn5c(CN6CCOCC6)nnc5c4cc3-c3ccccc3)cc2)CCC1. The zero-order valence-electron chi connectivity index (χ0n) is 20.8. The Morgan fingerprint density at radius 3 is 2.41 bits per heavy atom. The number of benzene rings is 2. The van der Waals surface area contributed by atoms with E-state index < -0.39 is 0 Å². The number of fused-ring (bicyclic) bond motifs is 3. The van der Waals surface area contributed by atoms with Crippen LogP contribution in [0.4, 0.5) is 0 Å². The molecule has 3 aromatic heterocycles. The van der Waals surface area contributed by atoms with Crippen molar-refractivity contribution in [1.82, 2.24) is 24.5 Å². The molecule has 5 aromatic rings. The van der Waals surface area contributed by atoms with Crippen LogP contribution in [-0.2, 0) is 16.8 Å². The summed E-state index contributed by atoms with van der Waals surface area (Å²) in [6.07, 6.45) is 5.35. The minimum Gasteiger partial charge on any atom is -0.379 e. The zero-order chi connectivity index (χ0) is 24.8. The lowest BCUT2D eigenvalue weighted by molar-refractivity contribution is 0.0329. The Labute approximate surface area is 215 Å². The van der Waals surface area contributed by atoms with Crippen LogP contribution in [0.3, 0.4) is 0 Å². The van der Waals surface area contributed by atoms with Crippen molar-refractivity contribution in [2.24, 2.45) is 5.73 Å². The van der Waals surface area contributed by atoms with Crippen molar-refractivity contribution in [2.75, 3.05) is 26.3 Å². The highest BCUT2D eigenvalue weighted by Crippen LogP contribution is 2.40. The molecule has 7 heteroatoms. The second-order valence-electron chi connectivity index (χ2n) is 10.3. The lowest BCUT2D eigenvalue weighted by Crippen LogP contribution is -2.43. The normalized spacial score (nSPS) is 17.8. The standard InChI is InChI=1S/C30H30N6O/c31-30(12-4-13-30)23-9-7-22(8-10-23)28-24(21-5-2-1-3-6-21)19-25-26(32-28)11-14-36-27(33-34-29(25)36)20-35-15-17-37-18-16-35/h1-3,5-11,14,19H,4,12-13,15-18,20,31H2. The predicted octanol–water partition coefficient (Wildman–Crippen LogP) is 4.78. The van der Waals surface area contributed by atoms with E-state index in [0.717, 1.165) is 90.4 Å². The fourth-order valence-corrected chi connectivity index (χ4v) is 5.57. The molecule has 0 amide bonds. The molecule has 0 unspecified atom stereocenters. The van der Waals surface area contributed by atoms with Gasteiger partial charge in [0, 0.05) is 41.3 Å². The van der Waals surface area contributed by atoms with Crippen LogP contribution < -0.4 is 5.73 Å². The highest BCUT2D eigenvalue weighted by Gasteiger charge is 2.34. The van der Waals surface area contributed by atoms with Crippen LogP contribution >= 0.6 is 0 Å². The average molecular weight is 491 g/mol. The molecule has 0 radical (unpaired) electrons. The summed E-state index contributed by atoms with van der Waals surface area (Å²) < 4.78 is 7.60. The molecule has 1 aliphatic carbocycles. The van der Waals surface area contributed by atoms with E-state index >= 15 is 0 Å². The van der Waals surface area contributed by atoms with E-state index in [0.29, 0.717) is 0 Å². The van der Waals surface area contributed by atoms with E-state index in [9.17, 15) is 0 Å². The van der Waals surface area contributed by atoms with Crippen LogP contribution in [0, 0.1) is 0 Å². The van der Waals surface area contributed by atoms with Crippen molar-refractivity contribution in [3.8, 4) is 22.4 Å². The van der Waals surface area contributed by atoms with Gasteiger partial charge in [-0.25, -0.2) is 4.98 Å².